The van der Waals surface area contributed by atoms with Crippen LogP contribution in [0, 0.1) is 5.82 Å². The van der Waals surface area contributed by atoms with Gasteiger partial charge in [-0.1, -0.05) is 12.1 Å². The van der Waals surface area contributed by atoms with E-state index in [-0.39, 0.29) is 18.2 Å². The maximum atomic E-state index is 13.2. The maximum absolute atomic E-state index is 13.2. The van der Waals surface area contributed by atoms with Crippen molar-refractivity contribution in [1.29, 1.82) is 0 Å². The number of halogens is 1. The van der Waals surface area contributed by atoms with Crippen molar-refractivity contribution >= 4 is 11.8 Å². The number of ketones is 1. The van der Waals surface area contributed by atoms with E-state index in [2.05, 4.69) is 5.32 Å². The first-order chi connectivity index (χ1) is 10.6. The first kappa shape index (κ1) is 13.2. The number of cyclic esters (lactones) is 1. The number of dihydropyridines is 1. The van der Waals surface area contributed by atoms with E-state index in [1.165, 1.54) is 12.1 Å². The van der Waals surface area contributed by atoms with Crippen molar-refractivity contribution in [2.45, 2.75) is 25.2 Å². The van der Waals surface area contributed by atoms with Crippen LogP contribution in [0.4, 0.5) is 4.39 Å². The quantitative estimate of drug-likeness (QED) is 0.809. The predicted octanol–water partition coefficient (Wildman–Crippen LogP) is 2.33. The van der Waals surface area contributed by atoms with Gasteiger partial charge >= 0.3 is 5.97 Å². The number of carbonyl (C=O) groups is 2. The monoisotopic (exact) mass is 299 g/mol. The summed E-state index contributed by atoms with van der Waals surface area (Å²) in [6, 6.07) is 5.97. The van der Waals surface area contributed by atoms with Gasteiger partial charge in [-0.15, -0.1) is 0 Å². The minimum absolute atomic E-state index is 0.0503. The average molecular weight is 299 g/mol. The standard InChI is InChI=1S/C17H14FNO3/c18-10-6-4-9(5-7-10)14-15-11(2-1-3-13(15)20)19-12-8-22-17(21)16(12)14/h4-7,14,19H,1-3,8H2. The molecule has 1 aromatic carbocycles. The van der Waals surface area contributed by atoms with Crippen LogP contribution in [-0.2, 0) is 14.3 Å². The van der Waals surface area contributed by atoms with Crippen molar-refractivity contribution in [3.05, 3.63) is 58.2 Å². The van der Waals surface area contributed by atoms with Crippen LogP contribution in [-0.4, -0.2) is 18.4 Å². The SMILES string of the molecule is O=C1CCCC2=C1C(c1ccc(F)cc1)C1=C(COC1=O)N2. The number of allylic oxidation sites excluding steroid dienone is 2. The molecule has 0 amide bonds. The van der Waals surface area contributed by atoms with E-state index < -0.39 is 11.9 Å². The van der Waals surface area contributed by atoms with Gasteiger partial charge in [-0.25, -0.2) is 9.18 Å². The second-order valence-corrected chi connectivity index (χ2v) is 5.75. The number of esters is 1. The zero-order chi connectivity index (χ0) is 15.3. The van der Waals surface area contributed by atoms with E-state index >= 15 is 0 Å². The molecule has 1 atom stereocenters. The van der Waals surface area contributed by atoms with Gasteiger partial charge in [0.1, 0.15) is 12.4 Å². The molecule has 0 fully saturated rings. The molecule has 1 unspecified atom stereocenters. The van der Waals surface area contributed by atoms with Crippen molar-refractivity contribution < 1.29 is 18.7 Å². The molecule has 0 spiro atoms. The summed E-state index contributed by atoms with van der Waals surface area (Å²) in [6.45, 7) is 0.205. The summed E-state index contributed by atoms with van der Waals surface area (Å²) in [5.41, 5.74) is 3.48. The third-order valence-electron chi connectivity index (χ3n) is 4.43. The van der Waals surface area contributed by atoms with Crippen LogP contribution >= 0.6 is 0 Å². The predicted molar refractivity (Wildman–Crippen MR) is 76.1 cm³/mol. The fourth-order valence-corrected chi connectivity index (χ4v) is 3.46. The third-order valence-corrected chi connectivity index (χ3v) is 4.43. The van der Waals surface area contributed by atoms with E-state index in [0.717, 1.165) is 29.8 Å². The Kier molecular flexibility index (Phi) is 2.89. The number of carbonyl (C=O) groups excluding carboxylic acids is 2. The molecule has 0 bridgehead atoms. The third kappa shape index (κ3) is 1.89. The van der Waals surface area contributed by atoms with Gasteiger partial charge < -0.3 is 10.1 Å². The molecule has 2 aliphatic heterocycles. The van der Waals surface area contributed by atoms with E-state index in [1.807, 2.05) is 0 Å². The van der Waals surface area contributed by atoms with Gasteiger partial charge in [0, 0.05) is 23.6 Å². The number of Topliss-reactive ketones (excluding diaryl/α,β-unsaturated/α-hetero) is 1. The van der Waals surface area contributed by atoms with Crippen LogP contribution in [0.2, 0.25) is 0 Å². The van der Waals surface area contributed by atoms with E-state index in [0.29, 0.717) is 17.6 Å². The van der Waals surface area contributed by atoms with Gasteiger partial charge in [-0.3, -0.25) is 4.79 Å². The molecule has 22 heavy (non-hydrogen) atoms. The lowest BCUT2D eigenvalue weighted by Crippen LogP contribution is -2.32. The first-order valence-electron chi connectivity index (χ1n) is 7.34. The molecule has 5 heteroatoms. The van der Waals surface area contributed by atoms with Gasteiger partial charge in [0.15, 0.2) is 5.78 Å². The molecule has 4 rings (SSSR count). The van der Waals surface area contributed by atoms with Gasteiger partial charge in [0.05, 0.1) is 11.3 Å². The van der Waals surface area contributed by atoms with Crippen molar-refractivity contribution in [3.8, 4) is 0 Å². The second kappa shape index (κ2) is 4.80. The molecular formula is C17H14FNO3. The molecule has 4 nitrogen and oxygen atoms in total. The molecule has 0 saturated carbocycles. The topological polar surface area (TPSA) is 55.4 Å². The fourth-order valence-electron chi connectivity index (χ4n) is 3.46. The zero-order valence-corrected chi connectivity index (χ0v) is 11.8. The van der Waals surface area contributed by atoms with E-state index in [9.17, 15) is 14.0 Å². The lowest BCUT2D eigenvalue weighted by molar-refractivity contribution is -0.136. The number of hydrogen-bond donors (Lipinski definition) is 1. The van der Waals surface area contributed by atoms with Crippen molar-refractivity contribution in [3.63, 3.8) is 0 Å². The van der Waals surface area contributed by atoms with E-state index in [4.69, 9.17) is 4.74 Å². The number of benzene rings is 1. The number of hydrogen-bond acceptors (Lipinski definition) is 4. The van der Waals surface area contributed by atoms with Crippen LogP contribution in [0.5, 0.6) is 0 Å². The van der Waals surface area contributed by atoms with E-state index in [1.54, 1.807) is 12.1 Å². The highest BCUT2D eigenvalue weighted by Crippen LogP contribution is 2.44. The fraction of sp³-hybridized carbons (Fsp3) is 0.294. The van der Waals surface area contributed by atoms with Gasteiger partial charge in [0.25, 0.3) is 0 Å². The Bertz CT molecular complexity index is 746. The Balaban J connectivity index is 1.89. The minimum Gasteiger partial charge on any atom is -0.456 e. The van der Waals surface area contributed by atoms with Crippen LogP contribution in [0.25, 0.3) is 0 Å². The highest BCUT2D eigenvalue weighted by molar-refractivity contribution is 6.04. The summed E-state index contributed by atoms with van der Waals surface area (Å²) >= 11 is 0. The highest BCUT2D eigenvalue weighted by atomic mass is 19.1. The average Bonchev–Trinajstić information content (AvgIpc) is 2.88. The lowest BCUT2D eigenvalue weighted by atomic mass is 9.75. The minimum atomic E-state index is -0.449. The van der Waals surface area contributed by atoms with Crippen LogP contribution in [0.3, 0.4) is 0 Å². The smallest absolute Gasteiger partial charge is 0.337 e. The van der Waals surface area contributed by atoms with Gasteiger partial charge in [0.2, 0.25) is 0 Å². The van der Waals surface area contributed by atoms with Crippen molar-refractivity contribution in [2.24, 2.45) is 0 Å². The Morgan fingerprint density at radius 3 is 2.59 bits per heavy atom. The Morgan fingerprint density at radius 2 is 1.82 bits per heavy atom. The normalized spacial score (nSPS) is 24.0. The molecule has 2 heterocycles. The largest absolute Gasteiger partial charge is 0.456 e. The Hall–Kier alpha value is -2.43. The first-order valence-corrected chi connectivity index (χ1v) is 7.34. The lowest BCUT2D eigenvalue weighted by Gasteiger charge is -2.31. The molecule has 1 aliphatic carbocycles. The Morgan fingerprint density at radius 1 is 1.05 bits per heavy atom. The zero-order valence-electron chi connectivity index (χ0n) is 11.8. The summed E-state index contributed by atoms with van der Waals surface area (Å²) in [7, 11) is 0. The number of ether oxygens (including phenoxy) is 1. The van der Waals surface area contributed by atoms with Gasteiger partial charge in [-0.2, -0.15) is 0 Å². The maximum Gasteiger partial charge on any atom is 0.337 e. The summed E-state index contributed by atoms with van der Waals surface area (Å²) in [5, 5.41) is 3.21. The molecule has 1 aromatic rings. The number of nitrogens with one attached hydrogen (secondary N) is 1. The summed E-state index contributed by atoms with van der Waals surface area (Å²) in [6.07, 6.45) is 2.07. The molecule has 0 radical (unpaired) electrons. The van der Waals surface area contributed by atoms with Crippen molar-refractivity contribution in [1.82, 2.24) is 5.32 Å². The van der Waals surface area contributed by atoms with Crippen LogP contribution in [0.15, 0.2) is 46.8 Å². The summed E-state index contributed by atoms with van der Waals surface area (Å²) < 4.78 is 18.3. The van der Waals surface area contributed by atoms with Crippen molar-refractivity contribution in [2.75, 3.05) is 6.61 Å². The summed E-state index contributed by atoms with van der Waals surface area (Å²) in [5.74, 6) is -1.14. The second-order valence-electron chi connectivity index (χ2n) is 5.75. The summed E-state index contributed by atoms with van der Waals surface area (Å²) in [4.78, 5) is 24.5. The van der Waals surface area contributed by atoms with Crippen LogP contribution < -0.4 is 5.32 Å². The Labute approximate surface area is 126 Å². The molecule has 0 aromatic heterocycles. The van der Waals surface area contributed by atoms with Crippen LogP contribution in [0.1, 0.15) is 30.7 Å². The molecule has 0 saturated heterocycles. The highest BCUT2D eigenvalue weighted by Gasteiger charge is 2.42. The van der Waals surface area contributed by atoms with Gasteiger partial charge in [-0.05, 0) is 30.5 Å². The molecular weight excluding hydrogens is 285 g/mol. The molecule has 3 aliphatic rings. The molecule has 1 N–H and O–H groups in total. The molecule has 112 valence electrons. The number of rotatable bonds is 1.